The Balaban J connectivity index is 1.66. The number of carbonyl (C=O) groups excluding carboxylic acids is 1. The van der Waals surface area contributed by atoms with E-state index in [1.165, 1.54) is 25.7 Å². The van der Waals surface area contributed by atoms with Gasteiger partial charge in [-0.2, -0.15) is 0 Å². The summed E-state index contributed by atoms with van der Waals surface area (Å²) in [6.07, 6.45) is 4.99. The van der Waals surface area contributed by atoms with Crippen LogP contribution in [0.2, 0.25) is 4.47 Å². The first-order valence-electron chi connectivity index (χ1n) is 5.54. The lowest BCUT2D eigenvalue weighted by molar-refractivity contribution is 0.0925. The van der Waals surface area contributed by atoms with Crippen LogP contribution >= 0.6 is 22.9 Å². The van der Waals surface area contributed by atoms with Crippen LogP contribution in [0.25, 0.3) is 0 Å². The van der Waals surface area contributed by atoms with E-state index in [1.807, 2.05) is 0 Å². The van der Waals surface area contributed by atoms with Crippen LogP contribution in [-0.2, 0) is 0 Å². The van der Waals surface area contributed by atoms with Crippen molar-refractivity contribution in [2.24, 2.45) is 11.8 Å². The van der Waals surface area contributed by atoms with Crippen molar-refractivity contribution in [1.29, 1.82) is 0 Å². The van der Waals surface area contributed by atoms with Crippen LogP contribution < -0.4 is 5.32 Å². The van der Waals surface area contributed by atoms with Crippen LogP contribution in [0.15, 0.2) is 0 Å². The van der Waals surface area contributed by atoms with E-state index in [4.69, 9.17) is 11.6 Å². The summed E-state index contributed by atoms with van der Waals surface area (Å²) in [6, 6.07) is 0.357. The second-order valence-electron chi connectivity index (χ2n) is 4.53. The molecule has 0 spiro atoms. The molecule has 0 atom stereocenters. The van der Waals surface area contributed by atoms with Crippen LogP contribution in [-0.4, -0.2) is 22.1 Å². The van der Waals surface area contributed by atoms with Gasteiger partial charge in [-0.1, -0.05) is 11.3 Å². The van der Waals surface area contributed by atoms with Crippen molar-refractivity contribution in [2.75, 3.05) is 0 Å². The van der Waals surface area contributed by atoms with E-state index in [0.717, 1.165) is 11.3 Å². The van der Waals surface area contributed by atoms with Gasteiger partial charge >= 0.3 is 0 Å². The SMILES string of the molecule is O=C(NC(C1CC1)C1CC1)c1nnc(Cl)s1. The quantitative estimate of drug-likeness (QED) is 0.899. The Bertz CT molecular complexity index is 402. The van der Waals surface area contributed by atoms with Gasteiger partial charge < -0.3 is 5.32 Å². The molecule has 0 aliphatic heterocycles. The molecule has 1 N–H and O–H groups in total. The summed E-state index contributed by atoms with van der Waals surface area (Å²) in [6.45, 7) is 0. The van der Waals surface area contributed by atoms with E-state index < -0.39 is 0 Å². The van der Waals surface area contributed by atoms with Gasteiger partial charge in [-0.15, -0.1) is 10.2 Å². The van der Waals surface area contributed by atoms with Gasteiger partial charge in [0.15, 0.2) is 0 Å². The largest absolute Gasteiger partial charge is 0.347 e. The van der Waals surface area contributed by atoms with E-state index in [2.05, 4.69) is 15.5 Å². The molecule has 16 heavy (non-hydrogen) atoms. The molecule has 3 rings (SSSR count). The molecule has 0 radical (unpaired) electrons. The smallest absolute Gasteiger partial charge is 0.282 e. The van der Waals surface area contributed by atoms with Crippen molar-refractivity contribution in [2.45, 2.75) is 31.7 Å². The molecular weight excluding hydrogens is 246 g/mol. The number of nitrogens with zero attached hydrogens (tertiary/aromatic N) is 2. The Morgan fingerprint density at radius 2 is 1.94 bits per heavy atom. The number of nitrogens with one attached hydrogen (secondary N) is 1. The monoisotopic (exact) mass is 257 g/mol. The van der Waals surface area contributed by atoms with E-state index in [-0.39, 0.29) is 5.91 Å². The van der Waals surface area contributed by atoms with Gasteiger partial charge in [0.2, 0.25) is 9.47 Å². The van der Waals surface area contributed by atoms with Gasteiger partial charge in [-0.25, -0.2) is 0 Å². The minimum absolute atomic E-state index is 0.117. The Hall–Kier alpha value is -0.680. The molecular formula is C10H12ClN3OS. The van der Waals surface area contributed by atoms with Gasteiger partial charge in [-0.05, 0) is 49.1 Å². The summed E-state index contributed by atoms with van der Waals surface area (Å²) in [5.41, 5.74) is 0. The molecule has 86 valence electrons. The highest BCUT2D eigenvalue weighted by atomic mass is 35.5. The lowest BCUT2D eigenvalue weighted by Crippen LogP contribution is -2.38. The van der Waals surface area contributed by atoms with Crippen LogP contribution in [0.5, 0.6) is 0 Å². The topological polar surface area (TPSA) is 54.9 Å². The highest BCUT2D eigenvalue weighted by Crippen LogP contribution is 2.44. The first-order chi connectivity index (χ1) is 7.74. The molecule has 1 heterocycles. The molecule has 6 heteroatoms. The number of amides is 1. The summed E-state index contributed by atoms with van der Waals surface area (Å²) in [4.78, 5) is 11.9. The third-order valence-electron chi connectivity index (χ3n) is 3.15. The van der Waals surface area contributed by atoms with Crippen molar-refractivity contribution >= 4 is 28.8 Å². The summed E-state index contributed by atoms with van der Waals surface area (Å²) in [5.74, 6) is 1.27. The van der Waals surface area contributed by atoms with Crippen molar-refractivity contribution < 1.29 is 4.79 Å². The third-order valence-corrected chi connectivity index (χ3v) is 4.17. The van der Waals surface area contributed by atoms with E-state index in [0.29, 0.717) is 27.4 Å². The minimum atomic E-state index is -0.117. The molecule has 2 aliphatic carbocycles. The van der Waals surface area contributed by atoms with Crippen molar-refractivity contribution in [1.82, 2.24) is 15.5 Å². The molecule has 0 aromatic carbocycles. The fourth-order valence-electron chi connectivity index (χ4n) is 2.04. The van der Waals surface area contributed by atoms with Gasteiger partial charge in [0.25, 0.3) is 5.91 Å². The average Bonchev–Trinajstić information content (AvgIpc) is 3.14. The van der Waals surface area contributed by atoms with E-state index in [1.54, 1.807) is 0 Å². The molecule has 0 unspecified atom stereocenters. The molecule has 0 bridgehead atoms. The number of rotatable bonds is 4. The number of aromatic nitrogens is 2. The molecule has 4 nitrogen and oxygen atoms in total. The van der Waals surface area contributed by atoms with Gasteiger partial charge in [0, 0.05) is 6.04 Å². The van der Waals surface area contributed by atoms with Crippen molar-refractivity contribution in [3.05, 3.63) is 9.47 Å². The number of carbonyl (C=O) groups is 1. The lowest BCUT2D eigenvalue weighted by atomic mass is 10.1. The Morgan fingerprint density at radius 3 is 2.38 bits per heavy atom. The second-order valence-corrected chi connectivity index (χ2v) is 6.09. The van der Waals surface area contributed by atoms with E-state index >= 15 is 0 Å². The van der Waals surface area contributed by atoms with Crippen LogP contribution in [0.1, 0.15) is 35.5 Å². The fourth-order valence-corrected chi connectivity index (χ4v) is 2.77. The molecule has 2 fully saturated rings. The van der Waals surface area contributed by atoms with Gasteiger partial charge in [-0.3, -0.25) is 4.79 Å². The van der Waals surface area contributed by atoms with Gasteiger partial charge in [0.1, 0.15) is 0 Å². The van der Waals surface area contributed by atoms with Crippen molar-refractivity contribution in [3.63, 3.8) is 0 Å². The predicted molar refractivity (Wildman–Crippen MR) is 61.6 cm³/mol. The van der Waals surface area contributed by atoms with Gasteiger partial charge in [0.05, 0.1) is 0 Å². The minimum Gasteiger partial charge on any atom is -0.347 e. The fraction of sp³-hybridized carbons (Fsp3) is 0.700. The number of hydrogen-bond donors (Lipinski definition) is 1. The third kappa shape index (κ3) is 2.20. The maximum Gasteiger partial charge on any atom is 0.282 e. The zero-order valence-corrected chi connectivity index (χ0v) is 10.2. The summed E-state index contributed by atoms with van der Waals surface area (Å²) in [7, 11) is 0. The molecule has 1 aromatic heterocycles. The van der Waals surface area contributed by atoms with E-state index in [9.17, 15) is 4.79 Å². The highest BCUT2D eigenvalue weighted by Gasteiger charge is 2.42. The zero-order chi connectivity index (χ0) is 11.1. The summed E-state index contributed by atoms with van der Waals surface area (Å²) in [5, 5.41) is 10.8. The molecule has 1 amide bonds. The Morgan fingerprint density at radius 1 is 1.31 bits per heavy atom. The number of halogens is 1. The average molecular weight is 258 g/mol. The summed E-state index contributed by atoms with van der Waals surface area (Å²) < 4.78 is 0.319. The predicted octanol–water partition coefficient (Wildman–Crippen LogP) is 2.11. The molecule has 0 saturated heterocycles. The Labute approximate surface area is 102 Å². The second kappa shape index (κ2) is 3.96. The maximum absolute atomic E-state index is 11.9. The summed E-state index contributed by atoms with van der Waals surface area (Å²) >= 11 is 6.79. The first kappa shape index (κ1) is 10.5. The molecule has 2 aliphatic rings. The van der Waals surface area contributed by atoms with Crippen LogP contribution in [0.4, 0.5) is 0 Å². The highest BCUT2D eigenvalue weighted by molar-refractivity contribution is 7.17. The van der Waals surface area contributed by atoms with Crippen LogP contribution in [0.3, 0.4) is 0 Å². The number of hydrogen-bond acceptors (Lipinski definition) is 4. The maximum atomic E-state index is 11.9. The lowest BCUT2D eigenvalue weighted by Gasteiger charge is -2.16. The Kier molecular flexibility index (Phi) is 2.59. The molecule has 1 aromatic rings. The van der Waals surface area contributed by atoms with Crippen molar-refractivity contribution in [3.8, 4) is 0 Å². The normalized spacial score (nSPS) is 20.1. The first-order valence-corrected chi connectivity index (χ1v) is 6.73. The zero-order valence-electron chi connectivity index (χ0n) is 8.65. The standard InChI is InChI=1S/C10H12ClN3OS/c11-10-14-13-9(16-10)8(15)12-7(5-1-2-5)6-3-4-6/h5-7H,1-4H2,(H,12,15). The molecule has 2 saturated carbocycles. The van der Waals surface area contributed by atoms with Crippen LogP contribution in [0, 0.1) is 11.8 Å².